The van der Waals surface area contributed by atoms with Crippen LogP contribution in [0.5, 0.6) is 0 Å². The van der Waals surface area contributed by atoms with E-state index in [1.165, 1.54) is 11.3 Å². The summed E-state index contributed by atoms with van der Waals surface area (Å²) in [5.74, 6) is 0.253. The zero-order valence-corrected chi connectivity index (χ0v) is 13.9. The Morgan fingerprint density at radius 1 is 1.09 bits per heavy atom. The van der Waals surface area contributed by atoms with Crippen LogP contribution in [0, 0.1) is 0 Å². The van der Waals surface area contributed by atoms with Gasteiger partial charge in [0.05, 0.1) is 15.6 Å². The molecule has 5 heteroatoms. The highest BCUT2D eigenvalue weighted by Gasteiger charge is 2.19. The van der Waals surface area contributed by atoms with Crippen LogP contribution in [0.3, 0.4) is 0 Å². The molecule has 0 spiro atoms. The van der Waals surface area contributed by atoms with E-state index in [4.69, 9.17) is 11.6 Å². The first-order valence-corrected chi connectivity index (χ1v) is 8.78. The maximum atomic E-state index is 12.0. The molecule has 1 aliphatic rings. The van der Waals surface area contributed by atoms with E-state index in [9.17, 15) is 4.79 Å². The van der Waals surface area contributed by atoms with E-state index in [-0.39, 0.29) is 5.78 Å². The molecule has 1 aromatic carbocycles. The number of anilines is 1. The second-order valence-electron chi connectivity index (χ2n) is 5.43. The molecule has 0 radical (unpaired) electrons. The van der Waals surface area contributed by atoms with Crippen LogP contribution >= 0.6 is 22.9 Å². The summed E-state index contributed by atoms with van der Waals surface area (Å²) in [6.45, 7) is 4.70. The molecule has 0 bridgehead atoms. The summed E-state index contributed by atoms with van der Waals surface area (Å²) >= 11 is 7.78. The third kappa shape index (κ3) is 3.69. The summed E-state index contributed by atoms with van der Waals surface area (Å²) in [6.07, 6.45) is 0.604. The Kier molecular flexibility index (Phi) is 5.13. The lowest BCUT2D eigenvalue weighted by Gasteiger charge is -2.36. The number of nitrogens with zero attached hydrogens (tertiary/aromatic N) is 2. The minimum absolute atomic E-state index is 0.253. The fourth-order valence-electron chi connectivity index (χ4n) is 2.74. The predicted molar refractivity (Wildman–Crippen MR) is 93.4 cm³/mol. The predicted octanol–water partition coefficient (Wildman–Crippen LogP) is 3.80. The van der Waals surface area contributed by atoms with Crippen LogP contribution in [0.2, 0.25) is 5.02 Å². The maximum absolute atomic E-state index is 12.0. The first kappa shape index (κ1) is 15.5. The number of Topliss-reactive ketones (excluding diaryl/α,β-unsaturated/α-hetero) is 1. The summed E-state index contributed by atoms with van der Waals surface area (Å²) in [5.41, 5.74) is 1.11. The van der Waals surface area contributed by atoms with Crippen molar-refractivity contribution in [2.75, 3.05) is 37.6 Å². The van der Waals surface area contributed by atoms with E-state index < -0.39 is 0 Å². The van der Waals surface area contributed by atoms with Crippen molar-refractivity contribution in [3.05, 3.63) is 51.7 Å². The third-order valence-electron chi connectivity index (χ3n) is 4.02. The van der Waals surface area contributed by atoms with Crippen LogP contribution in [0.15, 0.2) is 41.8 Å². The quantitative estimate of drug-likeness (QED) is 0.777. The molecule has 0 N–H and O–H groups in total. The molecule has 3 rings (SSSR count). The average molecular weight is 335 g/mol. The highest BCUT2D eigenvalue weighted by Crippen LogP contribution is 2.26. The molecule has 0 amide bonds. The van der Waals surface area contributed by atoms with Gasteiger partial charge in [0, 0.05) is 39.1 Å². The number of rotatable bonds is 5. The van der Waals surface area contributed by atoms with Crippen molar-refractivity contribution in [1.82, 2.24) is 4.90 Å². The number of carbonyl (C=O) groups is 1. The van der Waals surface area contributed by atoms with Crippen LogP contribution in [0.4, 0.5) is 5.69 Å². The minimum atomic E-state index is 0.253. The van der Waals surface area contributed by atoms with Crippen LogP contribution in [-0.4, -0.2) is 43.4 Å². The molecule has 1 saturated heterocycles. The second kappa shape index (κ2) is 7.27. The summed E-state index contributed by atoms with van der Waals surface area (Å²) in [7, 11) is 0. The standard InChI is InChI=1S/C17H19ClN2OS/c18-14-4-1-2-5-15(14)20-11-9-19(10-12-20)8-7-16(21)17-6-3-13-22-17/h1-6,13H,7-12H2. The SMILES string of the molecule is O=C(CCN1CCN(c2ccccc2Cl)CC1)c1cccs1. The lowest BCUT2D eigenvalue weighted by atomic mass is 10.2. The summed E-state index contributed by atoms with van der Waals surface area (Å²) in [5, 5.41) is 2.76. The third-order valence-corrected chi connectivity index (χ3v) is 5.25. The number of benzene rings is 1. The van der Waals surface area contributed by atoms with Gasteiger partial charge in [-0.2, -0.15) is 0 Å². The van der Waals surface area contributed by atoms with Gasteiger partial charge in [-0.05, 0) is 23.6 Å². The Balaban J connectivity index is 1.48. The van der Waals surface area contributed by atoms with E-state index in [0.29, 0.717) is 6.42 Å². The Bertz CT molecular complexity index is 621. The molecular weight excluding hydrogens is 316 g/mol. The number of para-hydroxylation sites is 1. The Hall–Kier alpha value is -1.36. The van der Waals surface area contributed by atoms with Crippen molar-refractivity contribution in [1.29, 1.82) is 0 Å². The van der Waals surface area contributed by atoms with E-state index in [1.54, 1.807) is 0 Å². The number of carbonyl (C=O) groups excluding carboxylic acids is 1. The summed E-state index contributed by atoms with van der Waals surface area (Å²) in [4.78, 5) is 17.6. The van der Waals surface area contributed by atoms with Gasteiger partial charge in [-0.1, -0.05) is 29.8 Å². The van der Waals surface area contributed by atoms with Gasteiger partial charge in [0.15, 0.2) is 5.78 Å². The van der Waals surface area contributed by atoms with Crippen molar-refractivity contribution >= 4 is 34.4 Å². The zero-order valence-electron chi connectivity index (χ0n) is 12.4. The monoisotopic (exact) mass is 334 g/mol. The number of hydrogen-bond donors (Lipinski definition) is 0. The molecule has 1 fully saturated rings. The van der Waals surface area contributed by atoms with Crippen LogP contribution in [0.1, 0.15) is 16.1 Å². The Morgan fingerprint density at radius 3 is 2.55 bits per heavy atom. The molecule has 0 aliphatic carbocycles. The van der Waals surface area contributed by atoms with E-state index in [2.05, 4.69) is 15.9 Å². The van der Waals surface area contributed by atoms with Crippen molar-refractivity contribution in [2.24, 2.45) is 0 Å². The normalized spacial score (nSPS) is 16.0. The van der Waals surface area contributed by atoms with Gasteiger partial charge in [0.2, 0.25) is 0 Å². The average Bonchev–Trinajstić information content (AvgIpc) is 3.08. The lowest BCUT2D eigenvalue weighted by Crippen LogP contribution is -2.47. The molecular formula is C17H19ClN2OS. The van der Waals surface area contributed by atoms with Crippen LogP contribution in [0.25, 0.3) is 0 Å². The minimum Gasteiger partial charge on any atom is -0.368 e. The molecule has 3 nitrogen and oxygen atoms in total. The van der Waals surface area contributed by atoms with Crippen molar-refractivity contribution in [3.8, 4) is 0 Å². The van der Waals surface area contributed by atoms with Crippen LogP contribution in [-0.2, 0) is 0 Å². The highest BCUT2D eigenvalue weighted by atomic mass is 35.5. The first-order chi connectivity index (χ1) is 10.7. The van der Waals surface area contributed by atoms with E-state index in [1.807, 2.05) is 35.7 Å². The second-order valence-corrected chi connectivity index (χ2v) is 6.79. The molecule has 0 atom stereocenters. The topological polar surface area (TPSA) is 23.6 Å². The van der Waals surface area contributed by atoms with Crippen molar-refractivity contribution in [3.63, 3.8) is 0 Å². The zero-order chi connectivity index (χ0) is 15.4. The Labute approximate surface area is 140 Å². The molecule has 1 aromatic heterocycles. The molecule has 0 unspecified atom stereocenters. The number of ketones is 1. The van der Waals surface area contributed by atoms with Gasteiger partial charge in [-0.15, -0.1) is 11.3 Å². The smallest absolute Gasteiger partial charge is 0.174 e. The fraction of sp³-hybridized carbons (Fsp3) is 0.353. The number of halogens is 1. The molecule has 1 aliphatic heterocycles. The highest BCUT2D eigenvalue weighted by molar-refractivity contribution is 7.12. The molecule has 2 aromatic rings. The largest absolute Gasteiger partial charge is 0.368 e. The van der Waals surface area contributed by atoms with Gasteiger partial charge >= 0.3 is 0 Å². The van der Waals surface area contributed by atoms with Gasteiger partial charge in [0.25, 0.3) is 0 Å². The van der Waals surface area contributed by atoms with Gasteiger partial charge in [0.1, 0.15) is 0 Å². The summed E-state index contributed by atoms with van der Waals surface area (Å²) in [6, 6.07) is 11.8. The van der Waals surface area contributed by atoms with Gasteiger partial charge in [-0.3, -0.25) is 9.69 Å². The van der Waals surface area contributed by atoms with Crippen LogP contribution < -0.4 is 4.90 Å². The molecule has 2 heterocycles. The number of thiophene rings is 1. The fourth-order valence-corrected chi connectivity index (χ4v) is 3.69. The van der Waals surface area contributed by atoms with Gasteiger partial charge < -0.3 is 4.90 Å². The maximum Gasteiger partial charge on any atom is 0.174 e. The van der Waals surface area contributed by atoms with Crippen molar-refractivity contribution in [2.45, 2.75) is 6.42 Å². The van der Waals surface area contributed by atoms with Gasteiger partial charge in [-0.25, -0.2) is 0 Å². The molecule has 22 heavy (non-hydrogen) atoms. The lowest BCUT2D eigenvalue weighted by molar-refractivity contribution is 0.0966. The molecule has 0 saturated carbocycles. The summed E-state index contributed by atoms with van der Waals surface area (Å²) < 4.78 is 0. The van der Waals surface area contributed by atoms with E-state index in [0.717, 1.165) is 48.3 Å². The number of hydrogen-bond acceptors (Lipinski definition) is 4. The number of piperazine rings is 1. The first-order valence-electron chi connectivity index (χ1n) is 7.52. The Morgan fingerprint density at radius 2 is 1.86 bits per heavy atom. The molecule has 116 valence electrons. The van der Waals surface area contributed by atoms with E-state index >= 15 is 0 Å². The van der Waals surface area contributed by atoms with Crippen molar-refractivity contribution < 1.29 is 4.79 Å².